The van der Waals surface area contributed by atoms with Gasteiger partial charge >= 0.3 is 0 Å². The Balaban J connectivity index is 2.67. The quantitative estimate of drug-likeness (QED) is 0.810. The van der Waals surface area contributed by atoms with Crippen LogP contribution < -0.4 is 5.32 Å². The van der Waals surface area contributed by atoms with Gasteiger partial charge in [0.05, 0.1) is 5.03 Å². The number of aromatic nitrogens is 1. The second-order valence-corrected chi connectivity index (χ2v) is 7.33. The number of pyridine rings is 1. The topological polar surface area (TPSA) is 24.9 Å². The molecule has 1 rings (SSSR count). The van der Waals surface area contributed by atoms with Gasteiger partial charge < -0.3 is 5.32 Å². The molecule has 0 saturated carbocycles. The van der Waals surface area contributed by atoms with Crippen LogP contribution in [0.3, 0.4) is 0 Å². The van der Waals surface area contributed by atoms with Gasteiger partial charge in [0.2, 0.25) is 0 Å². The smallest absolute Gasteiger partial charge is 0.0991 e. The Labute approximate surface area is 116 Å². The van der Waals surface area contributed by atoms with Crippen LogP contribution in [0.1, 0.15) is 52.2 Å². The minimum absolute atomic E-state index is 0.151. The van der Waals surface area contributed by atoms with Crippen LogP contribution in [0.25, 0.3) is 0 Å². The second-order valence-electron chi connectivity index (χ2n) is 5.91. The van der Waals surface area contributed by atoms with Crippen LogP contribution in [0.15, 0.2) is 17.3 Å². The molecular weight excluding hydrogens is 240 g/mol. The van der Waals surface area contributed by atoms with Crippen molar-refractivity contribution in [2.45, 2.75) is 70.3 Å². The first-order valence-corrected chi connectivity index (χ1v) is 7.57. The van der Waals surface area contributed by atoms with Crippen molar-refractivity contribution >= 4 is 11.8 Å². The zero-order chi connectivity index (χ0) is 13.8. The van der Waals surface area contributed by atoms with Crippen molar-refractivity contribution in [3.05, 3.63) is 23.4 Å². The number of thioether (sulfide) groups is 1. The summed E-state index contributed by atoms with van der Waals surface area (Å²) in [6.45, 7) is 14.0. The zero-order valence-corrected chi connectivity index (χ0v) is 13.3. The van der Waals surface area contributed by atoms with Gasteiger partial charge in [-0.1, -0.05) is 19.9 Å². The summed E-state index contributed by atoms with van der Waals surface area (Å²) >= 11 is 1.87. The lowest BCUT2D eigenvalue weighted by Gasteiger charge is -2.20. The predicted octanol–water partition coefficient (Wildman–Crippen LogP) is 4.17. The molecule has 1 heterocycles. The van der Waals surface area contributed by atoms with Crippen molar-refractivity contribution in [3.8, 4) is 0 Å². The average Bonchev–Trinajstić information content (AvgIpc) is 2.28. The predicted molar refractivity (Wildman–Crippen MR) is 81.2 cm³/mol. The molecule has 0 saturated heterocycles. The maximum Gasteiger partial charge on any atom is 0.0991 e. The number of aryl methyl sites for hydroxylation is 1. The molecule has 1 aromatic heterocycles. The third-order valence-electron chi connectivity index (χ3n) is 2.80. The summed E-state index contributed by atoms with van der Waals surface area (Å²) in [5.74, 6) is 0. The van der Waals surface area contributed by atoms with Crippen molar-refractivity contribution in [2.24, 2.45) is 0 Å². The average molecular weight is 266 g/mol. The van der Waals surface area contributed by atoms with Gasteiger partial charge in [-0.2, -0.15) is 0 Å². The Hall–Kier alpha value is -0.540. The lowest BCUT2D eigenvalue weighted by atomic mass is 10.1. The van der Waals surface area contributed by atoms with E-state index in [1.54, 1.807) is 0 Å². The van der Waals surface area contributed by atoms with E-state index in [2.05, 4.69) is 57.9 Å². The van der Waals surface area contributed by atoms with Crippen LogP contribution in [-0.2, 0) is 6.54 Å². The fourth-order valence-corrected chi connectivity index (χ4v) is 2.39. The minimum Gasteiger partial charge on any atom is -0.308 e. The first-order valence-electron chi connectivity index (χ1n) is 6.69. The number of nitrogens with zero attached hydrogens (tertiary/aromatic N) is 1. The molecule has 1 N–H and O–H groups in total. The molecule has 1 atom stereocenters. The van der Waals surface area contributed by atoms with E-state index in [9.17, 15) is 0 Å². The molecule has 0 bridgehead atoms. The van der Waals surface area contributed by atoms with Gasteiger partial charge in [-0.15, -0.1) is 11.8 Å². The van der Waals surface area contributed by atoms with Crippen molar-refractivity contribution < 1.29 is 0 Å². The van der Waals surface area contributed by atoms with Gasteiger partial charge in [0.15, 0.2) is 0 Å². The molecule has 0 amide bonds. The zero-order valence-electron chi connectivity index (χ0n) is 12.5. The highest BCUT2D eigenvalue weighted by Crippen LogP contribution is 2.26. The van der Waals surface area contributed by atoms with Gasteiger partial charge in [0, 0.05) is 23.5 Å². The fourth-order valence-electron chi connectivity index (χ4n) is 1.48. The largest absolute Gasteiger partial charge is 0.308 e. The normalized spacial score (nSPS) is 13.7. The standard InChI is InChI=1S/C15H26N2S/c1-7-12(3)18-14-11(2)8-13(9-16-14)10-17-15(4,5)6/h8-9,12,17H,7,10H2,1-6H3. The first kappa shape index (κ1) is 15.5. The van der Waals surface area contributed by atoms with E-state index in [0.29, 0.717) is 5.25 Å². The highest BCUT2D eigenvalue weighted by molar-refractivity contribution is 7.99. The molecule has 0 spiro atoms. The van der Waals surface area contributed by atoms with Crippen LogP contribution in [0, 0.1) is 6.92 Å². The molecule has 1 aromatic rings. The molecule has 0 aliphatic rings. The van der Waals surface area contributed by atoms with Crippen molar-refractivity contribution in [3.63, 3.8) is 0 Å². The molecule has 0 aliphatic heterocycles. The minimum atomic E-state index is 0.151. The molecule has 18 heavy (non-hydrogen) atoms. The Morgan fingerprint density at radius 3 is 2.56 bits per heavy atom. The Kier molecular flexibility index (Phi) is 5.67. The van der Waals surface area contributed by atoms with Gasteiger partial charge in [-0.05, 0) is 45.2 Å². The lowest BCUT2D eigenvalue weighted by molar-refractivity contribution is 0.424. The van der Waals surface area contributed by atoms with E-state index in [-0.39, 0.29) is 5.54 Å². The van der Waals surface area contributed by atoms with Gasteiger partial charge in [0.25, 0.3) is 0 Å². The SMILES string of the molecule is CCC(C)Sc1ncc(CNC(C)(C)C)cc1C. The van der Waals surface area contributed by atoms with Crippen molar-refractivity contribution in [1.82, 2.24) is 10.3 Å². The van der Waals surface area contributed by atoms with E-state index in [0.717, 1.165) is 6.54 Å². The summed E-state index contributed by atoms with van der Waals surface area (Å²) in [5, 5.41) is 5.29. The van der Waals surface area contributed by atoms with Crippen molar-refractivity contribution in [1.29, 1.82) is 0 Å². The maximum absolute atomic E-state index is 4.59. The number of rotatable bonds is 5. The molecule has 0 aliphatic carbocycles. The van der Waals surface area contributed by atoms with Crippen LogP contribution in [0.2, 0.25) is 0 Å². The molecule has 102 valence electrons. The Bertz CT molecular complexity index is 383. The van der Waals surface area contributed by atoms with Crippen LogP contribution in [0.5, 0.6) is 0 Å². The third kappa shape index (κ3) is 5.40. The van der Waals surface area contributed by atoms with E-state index in [1.165, 1.54) is 22.6 Å². The number of nitrogens with one attached hydrogen (secondary N) is 1. The summed E-state index contributed by atoms with van der Waals surface area (Å²) in [7, 11) is 0. The summed E-state index contributed by atoms with van der Waals surface area (Å²) in [6, 6.07) is 2.25. The number of hydrogen-bond donors (Lipinski definition) is 1. The molecule has 1 unspecified atom stereocenters. The Morgan fingerprint density at radius 1 is 1.39 bits per heavy atom. The highest BCUT2D eigenvalue weighted by atomic mass is 32.2. The van der Waals surface area contributed by atoms with Crippen LogP contribution in [-0.4, -0.2) is 15.8 Å². The first-order chi connectivity index (χ1) is 8.31. The van der Waals surface area contributed by atoms with E-state index < -0.39 is 0 Å². The number of hydrogen-bond acceptors (Lipinski definition) is 3. The molecule has 0 radical (unpaired) electrons. The summed E-state index contributed by atoms with van der Waals surface area (Å²) in [6.07, 6.45) is 3.18. The van der Waals surface area contributed by atoms with Gasteiger partial charge in [0.1, 0.15) is 0 Å². The van der Waals surface area contributed by atoms with E-state index in [4.69, 9.17) is 0 Å². The summed E-state index contributed by atoms with van der Waals surface area (Å²) in [4.78, 5) is 4.59. The fraction of sp³-hybridized carbons (Fsp3) is 0.667. The van der Waals surface area contributed by atoms with Crippen LogP contribution >= 0.6 is 11.8 Å². The summed E-state index contributed by atoms with van der Waals surface area (Å²) < 4.78 is 0. The Morgan fingerprint density at radius 2 is 2.06 bits per heavy atom. The molecule has 3 heteroatoms. The van der Waals surface area contributed by atoms with Crippen molar-refractivity contribution in [2.75, 3.05) is 0 Å². The van der Waals surface area contributed by atoms with E-state index in [1.807, 2.05) is 18.0 Å². The summed E-state index contributed by atoms with van der Waals surface area (Å²) in [5.41, 5.74) is 2.70. The highest BCUT2D eigenvalue weighted by Gasteiger charge is 2.10. The molecule has 0 fully saturated rings. The molecule has 0 aromatic carbocycles. The molecular formula is C15H26N2S. The molecule has 2 nitrogen and oxygen atoms in total. The van der Waals surface area contributed by atoms with Gasteiger partial charge in [-0.3, -0.25) is 0 Å². The monoisotopic (exact) mass is 266 g/mol. The third-order valence-corrected chi connectivity index (χ3v) is 4.18. The van der Waals surface area contributed by atoms with E-state index >= 15 is 0 Å². The maximum atomic E-state index is 4.59. The lowest BCUT2D eigenvalue weighted by Crippen LogP contribution is -2.35. The van der Waals surface area contributed by atoms with Crippen LogP contribution in [0.4, 0.5) is 0 Å². The second kappa shape index (κ2) is 6.58. The van der Waals surface area contributed by atoms with Gasteiger partial charge in [-0.25, -0.2) is 4.98 Å².